The van der Waals surface area contributed by atoms with E-state index in [4.69, 9.17) is 16.6 Å². The van der Waals surface area contributed by atoms with Crippen molar-refractivity contribution in [1.82, 2.24) is 10.3 Å². The zero-order valence-electron chi connectivity index (χ0n) is 11.0. The highest BCUT2D eigenvalue weighted by atomic mass is 35.5. The van der Waals surface area contributed by atoms with Crippen molar-refractivity contribution < 1.29 is 0 Å². The Bertz CT molecular complexity index is 555. The maximum absolute atomic E-state index is 6.01. The predicted molar refractivity (Wildman–Crippen MR) is 80.4 cm³/mol. The summed E-state index contributed by atoms with van der Waals surface area (Å²) in [6.45, 7) is 0.836. The molecule has 1 aromatic carbocycles. The number of benzene rings is 1. The van der Waals surface area contributed by atoms with Crippen LogP contribution in [0.2, 0.25) is 0 Å². The number of nitrogens with zero attached hydrogens (tertiary/aromatic N) is 1. The first-order valence-corrected chi connectivity index (χ1v) is 7.54. The first kappa shape index (κ1) is 12.9. The van der Waals surface area contributed by atoms with E-state index in [2.05, 4.69) is 29.6 Å². The Morgan fingerprint density at radius 2 is 2.05 bits per heavy atom. The van der Waals surface area contributed by atoms with Gasteiger partial charge in [0.05, 0.1) is 11.2 Å². The molecule has 0 bridgehead atoms. The fourth-order valence-corrected chi connectivity index (χ4v) is 3.30. The molecule has 0 radical (unpaired) electrons. The molecule has 19 heavy (non-hydrogen) atoms. The molecule has 3 heteroatoms. The van der Waals surface area contributed by atoms with Crippen LogP contribution in [0.15, 0.2) is 36.4 Å². The average molecular weight is 275 g/mol. The van der Waals surface area contributed by atoms with Crippen molar-refractivity contribution in [3.63, 3.8) is 0 Å². The van der Waals surface area contributed by atoms with Gasteiger partial charge in [0.25, 0.3) is 0 Å². The molecule has 0 saturated heterocycles. The summed E-state index contributed by atoms with van der Waals surface area (Å²) in [6.07, 6.45) is 3.79. The van der Waals surface area contributed by atoms with E-state index in [9.17, 15) is 0 Å². The van der Waals surface area contributed by atoms with E-state index in [1.54, 1.807) is 0 Å². The molecule has 0 spiro atoms. The van der Waals surface area contributed by atoms with Crippen LogP contribution in [0.1, 0.15) is 25.0 Å². The molecule has 0 amide bonds. The van der Waals surface area contributed by atoms with Gasteiger partial charge in [-0.3, -0.25) is 4.98 Å². The quantitative estimate of drug-likeness (QED) is 0.860. The Labute approximate surface area is 119 Å². The first-order chi connectivity index (χ1) is 9.36. The smallest absolute Gasteiger partial charge is 0.0705 e. The van der Waals surface area contributed by atoms with E-state index < -0.39 is 0 Å². The molecule has 1 aliphatic rings. The van der Waals surface area contributed by atoms with Crippen LogP contribution in [0, 0.1) is 5.92 Å². The van der Waals surface area contributed by atoms with E-state index in [1.807, 2.05) is 12.1 Å². The molecule has 1 fully saturated rings. The standard InChI is InChI=1S/C16H19ClN2/c17-10-13-5-3-7-15(13)18-11-14-9-8-12-4-1-2-6-16(12)19-14/h1-2,4,6,8-9,13,15,18H,3,5,7,10-11H2. The van der Waals surface area contributed by atoms with Gasteiger partial charge in [0, 0.05) is 23.9 Å². The topological polar surface area (TPSA) is 24.9 Å². The molecule has 1 saturated carbocycles. The van der Waals surface area contributed by atoms with Crippen molar-refractivity contribution in [3.05, 3.63) is 42.1 Å². The van der Waals surface area contributed by atoms with Crippen LogP contribution in [0.4, 0.5) is 0 Å². The summed E-state index contributed by atoms with van der Waals surface area (Å²) >= 11 is 6.01. The van der Waals surface area contributed by atoms with Gasteiger partial charge < -0.3 is 5.32 Å². The third-order valence-corrected chi connectivity index (χ3v) is 4.46. The van der Waals surface area contributed by atoms with Crippen LogP contribution >= 0.6 is 11.6 Å². The lowest BCUT2D eigenvalue weighted by molar-refractivity contribution is 0.427. The zero-order chi connectivity index (χ0) is 13.1. The van der Waals surface area contributed by atoms with E-state index in [1.165, 1.54) is 24.6 Å². The van der Waals surface area contributed by atoms with Crippen LogP contribution in [0.5, 0.6) is 0 Å². The van der Waals surface area contributed by atoms with Gasteiger partial charge in [-0.05, 0) is 30.9 Å². The number of fused-ring (bicyclic) bond motifs is 1. The summed E-state index contributed by atoms with van der Waals surface area (Å²) in [6, 6.07) is 13.1. The van der Waals surface area contributed by atoms with E-state index in [-0.39, 0.29) is 0 Å². The Morgan fingerprint density at radius 1 is 1.16 bits per heavy atom. The SMILES string of the molecule is ClCC1CCCC1NCc1ccc2ccccc2n1. The summed E-state index contributed by atoms with van der Waals surface area (Å²) in [5, 5.41) is 4.82. The highest BCUT2D eigenvalue weighted by Gasteiger charge is 2.25. The summed E-state index contributed by atoms with van der Waals surface area (Å²) in [7, 11) is 0. The summed E-state index contributed by atoms with van der Waals surface area (Å²) < 4.78 is 0. The van der Waals surface area contributed by atoms with E-state index in [0.717, 1.165) is 23.6 Å². The van der Waals surface area contributed by atoms with E-state index >= 15 is 0 Å². The molecule has 100 valence electrons. The molecule has 1 aliphatic carbocycles. The lowest BCUT2D eigenvalue weighted by atomic mass is 10.1. The summed E-state index contributed by atoms with van der Waals surface area (Å²) in [4.78, 5) is 4.69. The molecular formula is C16H19ClN2. The van der Waals surface area contributed by atoms with Crippen LogP contribution in [-0.2, 0) is 6.54 Å². The molecule has 0 aliphatic heterocycles. The van der Waals surface area contributed by atoms with Gasteiger partial charge in [0.15, 0.2) is 0 Å². The van der Waals surface area contributed by atoms with Crippen LogP contribution in [0.3, 0.4) is 0 Å². The number of pyridine rings is 1. The van der Waals surface area contributed by atoms with Crippen molar-refractivity contribution in [3.8, 4) is 0 Å². The number of halogens is 1. The second kappa shape index (κ2) is 5.89. The lowest BCUT2D eigenvalue weighted by Crippen LogP contribution is -2.32. The molecule has 1 N–H and O–H groups in total. The minimum Gasteiger partial charge on any atom is -0.308 e. The maximum Gasteiger partial charge on any atom is 0.0705 e. The van der Waals surface area contributed by atoms with Crippen LogP contribution in [0.25, 0.3) is 10.9 Å². The second-order valence-corrected chi connectivity index (χ2v) is 5.64. The minimum absolute atomic E-state index is 0.561. The van der Waals surface area contributed by atoms with Gasteiger partial charge in [0.1, 0.15) is 0 Å². The van der Waals surface area contributed by atoms with Gasteiger partial charge in [-0.2, -0.15) is 0 Å². The summed E-state index contributed by atoms with van der Waals surface area (Å²) in [5.74, 6) is 1.39. The fraction of sp³-hybridized carbons (Fsp3) is 0.438. The second-order valence-electron chi connectivity index (χ2n) is 5.33. The van der Waals surface area contributed by atoms with Crippen molar-refractivity contribution in [1.29, 1.82) is 0 Å². The van der Waals surface area contributed by atoms with Crippen LogP contribution < -0.4 is 5.32 Å². The third kappa shape index (κ3) is 2.90. The molecule has 3 rings (SSSR count). The van der Waals surface area contributed by atoms with Crippen molar-refractivity contribution in [2.45, 2.75) is 31.8 Å². The predicted octanol–water partition coefficient (Wildman–Crippen LogP) is 3.73. The molecule has 1 aromatic heterocycles. The number of nitrogens with one attached hydrogen (secondary N) is 1. The minimum atomic E-state index is 0.561. The van der Waals surface area contributed by atoms with Crippen molar-refractivity contribution >= 4 is 22.5 Å². The zero-order valence-corrected chi connectivity index (χ0v) is 11.7. The largest absolute Gasteiger partial charge is 0.308 e. The maximum atomic E-state index is 6.01. The Kier molecular flexibility index (Phi) is 4.00. The fourth-order valence-electron chi connectivity index (χ4n) is 2.93. The van der Waals surface area contributed by atoms with Crippen molar-refractivity contribution in [2.75, 3.05) is 5.88 Å². The van der Waals surface area contributed by atoms with Gasteiger partial charge >= 0.3 is 0 Å². The monoisotopic (exact) mass is 274 g/mol. The Hall–Kier alpha value is -1.12. The number of rotatable bonds is 4. The Morgan fingerprint density at radius 3 is 2.95 bits per heavy atom. The third-order valence-electron chi connectivity index (χ3n) is 4.06. The molecule has 2 unspecified atom stereocenters. The summed E-state index contributed by atoms with van der Waals surface area (Å²) in [5.41, 5.74) is 2.18. The molecular weight excluding hydrogens is 256 g/mol. The highest BCUT2D eigenvalue weighted by molar-refractivity contribution is 6.18. The number of alkyl halides is 1. The number of hydrogen-bond donors (Lipinski definition) is 1. The number of hydrogen-bond acceptors (Lipinski definition) is 2. The lowest BCUT2D eigenvalue weighted by Gasteiger charge is -2.18. The van der Waals surface area contributed by atoms with Gasteiger partial charge in [-0.1, -0.05) is 30.7 Å². The van der Waals surface area contributed by atoms with Gasteiger partial charge in [0.2, 0.25) is 0 Å². The molecule has 2 nitrogen and oxygen atoms in total. The molecule has 1 heterocycles. The van der Waals surface area contributed by atoms with Gasteiger partial charge in [-0.25, -0.2) is 0 Å². The van der Waals surface area contributed by atoms with E-state index in [0.29, 0.717) is 12.0 Å². The van der Waals surface area contributed by atoms with Crippen molar-refractivity contribution in [2.24, 2.45) is 5.92 Å². The first-order valence-electron chi connectivity index (χ1n) is 7.01. The Balaban J connectivity index is 1.68. The average Bonchev–Trinajstić information content (AvgIpc) is 2.92. The number of para-hydroxylation sites is 1. The molecule has 2 aromatic rings. The molecule has 2 atom stereocenters. The normalized spacial score (nSPS) is 23.0. The van der Waals surface area contributed by atoms with Gasteiger partial charge in [-0.15, -0.1) is 11.6 Å². The van der Waals surface area contributed by atoms with Crippen LogP contribution in [-0.4, -0.2) is 16.9 Å². The number of aromatic nitrogens is 1. The highest BCUT2D eigenvalue weighted by Crippen LogP contribution is 2.26.